The number of carbonyl (C=O) groups excluding carboxylic acids is 1. The van der Waals surface area contributed by atoms with Crippen molar-refractivity contribution in [1.29, 1.82) is 5.26 Å². The minimum Gasteiger partial charge on any atom is -0.298 e. The molecule has 6 heteroatoms. The highest BCUT2D eigenvalue weighted by atomic mass is 35.5. The third kappa shape index (κ3) is 4.24. The third-order valence-electron chi connectivity index (χ3n) is 3.66. The molecule has 3 rings (SSSR count). The molecule has 0 fully saturated rings. The van der Waals surface area contributed by atoms with E-state index in [0.717, 1.165) is 21.0 Å². The SMILES string of the molecule is Cc1ccc(Cc2cnc(NC(=O)c3ccc(C#N)cc3)s2)cc1Cl. The van der Waals surface area contributed by atoms with Gasteiger partial charge >= 0.3 is 0 Å². The largest absolute Gasteiger partial charge is 0.298 e. The molecule has 1 heterocycles. The number of carbonyl (C=O) groups is 1. The lowest BCUT2D eigenvalue weighted by atomic mass is 10.1. The zero-order chi connectivity index (χ0) is 17.8. The summed E-state index contributed by atoms with van der Waals surface area (Å²) in [6, 6.07) is 14.5. The number of amides is 1. The third-order valence-corrected chi connectivity index (χ3v) is 4.98. The fourth-order valence-corrected chi connectivity index (χ4v) is 3.30. The summed E-state index contributed by atoms with van der Waals surface area (Å²) in [5.41, 5.74) is 3.15. The summed E-state index contributed by atoms with van der Waals surface area (Å²) in [5.74, 6) is -0.247. The van der Waals surface area contributed by atoms with Crippen molar-refractivity contribution < 1.29 is 4.79 Å². The van der Waals surface area contributed by atoms with E-state index >= 15 is 0 Å². The Bertz CT molecular complexity index is 958. The van der Waals surface area contributed by atoms with Crippen molar-refractivity contribution in [2.75, 3.05) is 5.32 Å². The zero-order valence-corrected chi connectivity index (χ0v) is 15.0. The number of anilines is 1. The molecule has 0 saturated carbocycles. The van der Waals surface area contributed by atoms with E-state index in [1.54, 1.807) is 30.5 Å². The van der Waals surface area contributed by atoms with Crippen LogP contribution in [0.3, 0.4) is 0 Å². The van der Waals surface area contributed by atoms with Gasteiger partial charge in [-0.25, -0.2) is 4.98 Å². The van der Waals surface area contributed by atoms with Gasteiger partial charge in [0.05, 0.1) is 11.6 Å². The van der Waals surface area contributed by atoms with E-state index in [0.29, 0.717) is 22.7 Å². The van der Waals surface area contributed by atoms with E-state index in [1.807, 2.05) is 31.2 Å². The van der Waals surface area contributed by atoms with Crippen molar-refractivity contribution in [3.8, 4) is 6.07 Å². The van der Waals surface area contributed by atoms with Gasteiger partial charge in [-0.3, -0.25) is 10.1 Å². The molecule has 0 atom stereocenters. The van der Waals surface area contributed by atoms with E-state index < -0.39 is 0 Å². The molecule has 0 aliphatic rings. The second kappa shape index (κ2) is 7.47. The van der Waals surface area contributed by atoms with Crippen LogP contribution in [-0.4, -0.2) is 10.9 Å². The Morgan fingerprint density at radius 1 is 1.28 bits per heavy atom. The maximum Gasteiger partial charge on any atom is 0.257 e. The minimum atomic E-state index is -0.247. The number of thiazole rings is 1. The summed E-state index contributed by atoms with van der Waals surface area (Å²) >= 11 is 7.58. The van der Waals surface area contributed by atoms with Crippen LogP contribution >= 0.6 is 22.9 Å². The van der Waals surface area contributed by atoms with Crippen LogP contribution in [0.2, 0.25) is 5.02 Å². The van der Waals surface area contributed by atoms with E-state index in [1.165, 1.54) is 11.3 Å². The van der Waals surface area contributed by atoms with Gasteiger partial charge in [-0.2, -0.15) is 5.26 Å². The number of rotatable bonds is 4. The molecule has 1 N–H and O–H groups in total. The van der Waals surface area contributed by atoms with Crippen LogP contribution in [0.25, 0.3) is 0 Å². The van der Waals surface area contributed by atoms with Crippen molar-refractivity contribution in [3.05, 3.63) is 80.8 Å². The Morgan fingerprint density at radius 2 is 2.04 bits per heavy atom. The molecule has 0 aliphatic heterocycles. The minimum absolute atomic E-state index is 0.247. The molecule has 0 spiro atoms. The average Bonchev–Trinajstić information content (AvgIpc) is 3.05. The number of aryl methyl sites for hydroxylation is 1. The van der Waals surface area contributed by atoms with Crippen LogP contribution < -0.4 is 5.32 Å². The van der Waals surface area contributed by atoms with Gasteiger partial charge in [-0.15, -0.1) is 11.3 Å². The Kier molecular flexibility index (Phi) is 5.13. The lowest BCUT2D eigenvalue weighted by Gasteiger charge is -2.02. The van der Waals surface area contributed by atoms with Crippen molar-refractivity contribution in [1.82, 2.24) is 4.98 Å². The lowest BCUT2D eigenvalue weighted by molar-refractivity contribution is 0.102. The molecule has 25 heavy (non-hydrogen) atoms. The van der Waals surface area contributed by atoms with Gasteiger partial charge in [-0.05, 0) is 48.4 Å². The monoisotopic (exact) mass is 367 g/mol. The van der Waals surface area contributed by atoms with Crippen molar-refractivity contribution in [3.63, 3.8) is 0 Å². The van der Waals surface area contributed by atoms with Crippen LogP contribution in [0.1, 0.15) is 31.9 Å². The quantitative estimate of drug-likeness (QED) is 0.718. The van der Waals surface area contributed by atoms with E-state index in [4.69, 9.17) is 16.9 Å². The van der Waals surface area contributed by atoms with Crippen LogP contribution in [-0.2, 0) is 6.42 Å². The standard InChI is InChI=1S/C19H14ClN3OS/c1-12-2-3-14(9-17(12)20)8-16-11-22-19(25-16)23-18(24)15-6-4-13(10-21)5-7-15/h2-7,9,11H,8H2,1H3,(H,22,23,24). The first-order valence-corrected chi connectivity index (χ1v) is 8.76. The maximum atomic E-state index is 12.2. The summed E-state index contributed by atoms with van der Waals surface area (Å²) in [6.07, 6.45) is 2.47. The van der Waals surface area contributed by atoms with Gasteiger partial charge in [-0.1, -0.05) is 23.7 Å². The number of hydrogen-bond acceptors (Lipinski definition) is 4. The van der Waals surface area contributed by atoms with Crippen LogP contribution in [0.15, 0.2) is 48.7 Å². The van der Waals surface area contributed by atoms with E-state index in [2.05, 4.69) is 10.3 Å². The summed E-state index contributed by atoms with van der Waals surface area (Å²) in [5, 5.41) is 12.9. The molecule has 4 nitrogen and oxygen atoms in total. The molecule has 2 aromatic carbocycles. The van der Waals surface area contributed by atoms with Crippen molar-refractivity contribution in [2.24, 2.45) is 0 Å². The number of benzene rings is 2. The van der Waals surface area contributed by atoms with E-state index in [9.17, 15) is 4.79 Å². The normalized spacial score (nSPS) is 10.3. The average molecular weight is 368 g/mol. The molecular formula is C19H14ClN3OS. The van der Waals surface area contributed by atoms with Gasteiger partial charge in [0.25, 0.3) is 5.91 Å². The van der Waals surface area contributed by atoms with Gasteiger partial charge in [0.2, 0.25) is 0 Å². The number of nitriles is 1. The second-order valence-corrected chi connectivity index (χ2v) is 7.06. The fourth-order valence-electron chi connectivity index (χ4n) is 2.26. The predicted molar refractivity (Wildman–Crippen MR) is 100 cm³/mol. The van der Waals surface area contributed by atoms with Crippen molar-refractivity contribution in [2.45, 2.75) is 13.3 Å². The number of nitrogens with one attached hydrogen (secondary N) is 1. The van der Waals surface area contributed by atoms with Gasteiger partial charge < -0.3 is 0 Å². The summed E-state index contributed by atoms with van der Waals surface area (Å²) in [7, 11) is 0. The first kappa shape index (κ1) is 17.2. The number of hydrogen-bond donors (Lipinski definition) is 1. The molecule has 3 aromatic rings. The lowest BCUT2D eigenvalue weighted by Crippen LogP contribution is -2.11. The molecule has 0 bridgehead atoms. The van der Waals surface area contributed by atoms with Gasteiger partial charge in [0.15, 0.2) is 5.13 Å². The highest BCUT2D eigenvalue weighted by molar-refractivity contribution is 7.15. The molecule has 0 unspecified atom stereocenters. The van der Waals surface area contributed by atoms with Crippen LogP contribution in [0.5, 0.6) is 0 Å². The molecule has 0 radical (unpaired) electrons. The Balaban J connectivity index is 1.67. The van der Waals surface area contributed by atoms with E-state index in [-0.39, 0.29) is 5.91 Å². The fraction of sp³-hybridized carbons (Fsp3) is 0.105. The Morgan fingerprint density at radius 3 is 2.72 bits per heavy atom. The Hall–Kier alpha value is -2.68. The van der Waals surface area contributed by atoms with Crippen LogP contribution in [0, 0.1) is 18.3 Å². The highest BCUT2D eigenvalue weighted by Gasteiger charge is 2.10. The first-order valence-electron chi connectivity index (χ1n) is 7.56. The van der Waals surface area contributed by atoms with Crippen molar-refractivity contribution >= 4 is 34.0 Å². The smallest absolute Gasteiger partial charge is 0.257 e. The number of nitrogens with zero attached hydrogens (tertiary/aromatic N) is 2. The molecule has 124 valence electrons. The summed E-state index contributed by atoms with van der Waals surface area (Å²) in [4.78, 5) is 17.5. The molecule has 0 aliphatic carbocycles. The molecule has 0 saturated heterocycles. The topological polar surface area (TPSA) is 65.8 Å². The molecule has 1 aromatic heterocycles. The van der Waals surface area contributed by atoms with Crippen LogP contribution in [0.4, 0.5) is 5.13 Å². The number of halogens is 1. The Labute approximate surface area is 154 Å². The zero-order valence-electron chi connectivity index (χ0n) is 13.4. The first-order chi connectivity index (χ1) is 12.0. The predicted octanol–water partition coefficient (Wildman–Crippen LogP) is 4.82. The highest BCUT2D eigenvalue weighted by Crippen LogP contribution is 2.24. The second-order valence-electron chi connectivity index (χ2n) is 5.54. The summed E-state index contributed by atoms with van der Waals surface area (Å²) in [6.45, 7) is 1.97. The maximum absolute atomic E-state index is 12.2. The molecule has 1 amide bonds. The summed E-state index contributed by atoms with van der Waals surface area (Å²) < 4.78 is 0. The van der Waals surface area contributed by atoms with Gasteiger partial charge in [0, 0.05) is 28.1 Å². The van der Waals surface area contributed by atoms with Gasteiger partial charge in [0.1, 0.15) is 0 Å². The molecular weight excluding hydrogens is 354 g/mol. The number of aromatic nitrogens is 1.